The standard InChI is InChI=1S/C16H12BrN3O2S/c1-22-15-12(6-3-7-18-15)14(21)20-16-19-13(9-23-16)10-4-2-5-11(17)8-10/h2-9H,1H3,(H,19,20,21). The van der Waals surface area contributed by atoms with E-state index in [2.05, 4.69) is 31.2 Å². The minimum atomic E-state index is -0.301. The fourth-order valence-corrected chi connectivity index (χ4v) is 3.12. The van der Waals surface area contributed by atoms with E-state index in [9.17, 15) is 4.79 Å². The number of nitrogens with one attached hydrogen (secondary N) is 1. The van der Waals surface area contributed by atoms with E-state index in [0.717, 1.165) is 15.7 Å². The molecule has 2 heterocycles. The number of halogens is 1. The van der Waals surface area contributed by atoms with Gasteiger partial charge in [-0.1, -0.05) is 28.1 Å². The highest BCUT2D eigenvalue weighted by Gasteiger charge is 2.15. The topological polar surface area (TPSA) is 64.1 Å². The summed E-state index contributed by atoms with van der Waals surface area (Å²) in [5.41, 5.74) is 2.16. The van der Waals surface area contributed by atoms with Crippen LogP contribution in [0.15, 0.2) is 52.4 Å². The number of amides is 1. The Bertz CT molecular complexity index is 851. The number of nitrogens with zero attached hydrogens (tertiary/aromatic N) is 2. The van der Waals surface area contributed by atoms with Crippen molar-refractivity contribution in [2.75, 3.05) is 12.4 Å². The summed E-state index contributed by atoms with van der Waals surface area (Å²) >= 11 is 4.81. The van der Waals surface area contributed by atoms with Crippen molar-refractivity contribution < 1.29 is 9.53 Å². The molecule has 23 heavy (non-hydrogen) atoms. The van der Waals surface area contributed by atoms with Crippen molar-refractivity contribution in [3.8, 4) is 17.1 Å². The Kier molecular flexibility index (Phi) is 4.68. The van der Waals surface area contributed by atoms with Crippen LogP contribution >= 0.6 is 27.3 Å². The van der Waals surface area contributed by atoms with E-state index < -0.39 is 0 Å². The van der Waals surface area contributed by atoms with E-state index in [1.165, 1.54) is 18.4 Å². The van der Waals surface area contributed by atoms with E-state index in [1.807, 2.05) is 29.6 Å². The number of carbonyl (C=O) groups excluding carboxylic acids is 1. The Morgan fingerprint density at radius 2 is 2.17 bits per heavy atom. The molecule has 0 saturated carbocycles. The lowest BCUT2D eigenvalue weighted by molar-refractivity contribution is 0.102. The Balaban J connectivity index is 1.80. The van der Waals surface area contributed by atoms with Crippen LogP contribution in [0.4, 0.5) is 5.13 Å². The molecule has 1 N–H and O–H groups in total. The van der Waals surface area contributed by atoms with Crippen molar-refractivity contribution in [3.05, 3.63) is 58.0 Å². The van der Waals surface area contributed by atoms with Crippen molar-refractivity contribution in [2.45, 2.75) is 0 Å². The van der Waals surface area contributed by atoms with Gasteiger partial charge in [-0.15, -0.1) is 11.3 Å². The molecule has 0 spiro atoms. The summed E-state index contributed by atoms with van der Waals surface area (Å²) in [6.07, 6.45) is 1.57. The van der Waals surface area contributed by atoms with Crippen LogP contribution in [0.2, 0.25) is 0 Å². The number of methoxy groups -OCH3 is 1. The number of hydrogen-bond donors (Lipinski definition) is 1. The minimum absolute atomic E-state index is 0.286. The molecule has 0 fully saturated rings. The molecule has 116 valence electrons. The highest BCUT2D eigenvalue weighted by Crippen LogP contribution is 2.27. The number of rotatable bonds is 4. The molecule has 0 unspecified atom stereocenters. The predicted octanol–water partition coefficient (Wildman–Crippen LogP) is 4.23. The van der Waals surface area contributed by atoms with E-state index in [0.29, 0.717) is 10.7 Å². The van der Waals surface area contributed by atoms with Crippen LogP contribution in [-0.2, 0) is 0 Å². The first kappa shape index (κ1) is 15.6. The first-order valence-corrected chi connectivity index (χ1v) is 8.36. The number of anilines is 1. The molecular formula is C16H12BrN3O2S. The third-order valence-corrected chi connectivity index (χ3v) is 4.31. The third kappa shape index (κ3) is 3.57. The summed E-state index contributed by atoms with van der Waals surface area (Å²) < 4.78 is 6.08. The van der Waals surface area contributed by atoms with Gasteiger partial charge in [-0.2, -0.15) is 0 Å². The Hall–Kier alpha value is -2.25. The van der Waals surface area contributed by atoms with Crippen molar-refractivity contribution in [1.29, 1.82) is 0 Å². The van der Waals surface area contributed by atoms with Crippen LogP contribution in [-0.4, -0.2) is 23.0 Å². The van der Waals surface area contributed by atoms with Crippen molar-refractivity contribution in [1.82, 2.24) is 9.97 Å². The lowest BCUT2D eigenvalue weighted by Gasteiger charge is -2.05. The Morgan fingerprint density at radius 1 is 1.30 bits per heavy atom. The van der Waals surface area contributed by atoms with Gasteiger partial charge in [-0.3, -0.25) is 10.1 Å². The summed E-state index contributed by atoms with van der Waals surface area (Å²) in [5, 5.41) is 5.20. The summed E-state index contributed by atoms with van der Waals surface area (Å²) in [7, 11) is 1.48. The van der Waals surface area contributed by atoms with Crippen LogP contribution < -0.4 is 10.1 Å². The van der Waals surface area contributed by atoms with Gasteiger partial charge < -0.3 is 4.74 Å². The smallest absolute Gasteiger partial charge is 0.262 e. The summed E-state index contributed by atoms with van der Waals surface area (Å²) in [4.78, 5) is 20.8. The maximum atomic E-state index is 12.3. The first-order valence-electron chi connectivity index (χ1n) is 6.69. The quantitative estimate of drug-likeness (QED) is 0.724. The average Bonchev–Trinajstić information content (AvgIpc) is 3.03. The number of ether oxygens (including phenoxy) is 1. The third-order valence-electron chi connectivity index (χ3n) is 3.05. The molecule has 0 aliphatic rings. The van der Waals surface area contributed by atoms with E-state index in [4.69, 9.17) is 4.74 Å². The molecule has 0 aliphatic carbocycles. The summed E-state index contributed by atoms with van der Waals surface area (Å²) in [6.45, 7) is 0. The SMILES string of the molecule is COc1ncccc1C(=O)Nc1nc(-c2cccc(Br)c2)cs1. The van der Waals surface area contributed by atoms with Gasteiger partial charge in [0.25, 0.3) is 5.91 Å². The van der Waals surface area contributed by atoms with Crippen LogP contribution in [0, 0.1) is 0 Å². The number of hydrogen-bond acceptors (Lipinski definition) is 5. The molecule has 3 rings (SSSR count). The maximum absolute atomic E-state index is 12.3. The maximum Gasteiger partial charge on any atom is 0.262 e. The molecule has 2 aromatic heterocycles. The Morgan fingerprint density at radius 3 is 2.96 bits per heavy atom. The molecule has 0 radical (unpaired) electrons. The second kappa shape index (κ2) is 6.89. The fraction of sp³-hybridized carbons (Fsp3) is 0.0625. The van der Waals surface area contributed by atoms with Gasteiger partial charge >= 0.3 is 0 Å². The average molecular weight is 390 g/mol. The highest BCUT2D eigenvalue weighted by molar-refractivity contribution is 9.10. The number of carbonyl (C=O) groups is 1. The normalized spacial score (nSPS) is 10.3. The van der Waals surface area contributed by atoms with Crippen LogP contribution in [0.5, 0.6) is 5.88 Å². The molecule has 1 amide bonds. The predicted molar refractivity (Wildman–Crippen MR) is 94.0 cm³/mol. The second-order valence-corrected chi connectivity index (χ2v) is 6.34. The van der Waals surface area contributed by atoms with Gasteiger partial charge in [-0.05, 0) is 24.3 Å². The van der Waals surface area contributed by atoms with E-state index in [1.54, 1.807) is 18.3 Å². The van der Waals surface area contributed by atoms with Crippen molar-refractivity contribution in [2.24, 2.45) is 0 Å². The minimum Gasteiger partial charge on any atom is -0.480 e. The largest absolute Gasteiger partial charge is 0.480 e. The number of benzene rings is 1. The lowest BCUT2D eigenvalue weighted by atomic mass is 10.2. The zero-order chi connectivity index (χ0) is 16.2. The van der Waals surface area contributed by atoms with Crippen LogP contribution in [0.3, 0.4) is 0 Å². The van der Waals surface area contributed by atoms with Gasteiger partial charge in [0.15, 0.2) is 5.13 Å². The highest BCUT2D eigenvalue weighted by atomic mass is 79.9. The molecule has 7 heteroatoms. The molecule has 1 aromatic carbocycles. The van der Waals surface area contributed by atoms with Gasteiger partial charge in [0, 0.05) is 21.6 Å². The molecule has 3 aromatic rings. The van der Waals surface area contributed by atoms with Gasteiger partial charge in [0.2, 0.25) is 5.88 Å². The van der Waals surface area contributed by atoms with Crippen molar-refractivity contribution >= 4 is 38.3 Å². The van der Waals surface area contributed by atoms with Gasteiger partial charge in [0.05, 0.1) is 12.8 Å². The van der Waals surface area contributed by atoms with Crippen LogP contribution in [0.25, 0.3) is 11.3 Å². The van der Waals surface area contributed by atoms with E-state index in [-0.39, 0.29) is 11.8 Å². The fourth-order valence-electron chi connectivity index (χ4n) is 2.00. The van der Waals surface area contributed by atoms with E-state index >= 15 is 0 Å². The zero-order valence-corrected chi connectivity index (χ0v) is 14.5. The number of pyridine rings is 1. The molecule has 5 nitrogen and oxygen atoms in total. The lowest BCUT2D eigenvalue weighted by Crippen LogP contribution is -2.13. The summed E-state index contributed by atoms with van der Waals surface area (Å²) in [5.74, 6) is -0.0149. The second-order valence-electron chi connectivity index (χ2n) is 4.56. The monoisotopic (exact) mass is 389 g/mol. The van der Waals surface area contributed by atoms with Gasteiger partial charge in [-0.25, -0.2) is 9.97 Å². The molecule has 0 saturated heterocycles. The van der Waals surface area contributed by atoms with Crippen molar-refractivity contribution in [3.63, 3.8) is 0 Å². The number of thiazole rings is 1. The van der Waals surface area contributed by atoms with Gasteiger partial charge in [0.1, 0.15) is 5.56 Å². The molecular weight excluding hydrogens is 378 g/mol. The summed E-state index contributed by atoms with van der Waals surface area (Å²) in [6, 6.07) is 11.2. The number of aromatic nitrogens is 2. The Labute approximate surface area is 145 Å². The molecule has 0 atom stereocenters. The molecule has 0 aliphatic heterocycles. The molecule has 0 bridgehead atoms. The van der Waals surface area contributed by atoms with Crippen LogP contribution in [0.1, 0.15) is 10.4 Å². The first-order chi connectivity index (χ1) is 11.2. The zero-order valence-electron chi connectivity index (χ0n) is 12.1.